The van der Waals surface area contributed by atoms with E-state index >= 15 is 0 Å². The normalized spacial score (nSPS) is 19.3. The molecule has 0 aliphatic carbocycles. The highest BCUT2D eigenvalue weighted by Gasteiger charge is 2.27. The van der Waals surface area contributed by atoms with Gasteiger partial charge in [-0.3, -0.25) is 9.69 Å². The molecule has 0 unspecified atom stereocenters. The van der Waals surface area contributed by atoms with Crippen molar-refractivity contribution in [2.45, 2.75) is 38.8 Å². The highest BCUT2D eigenvalue weighted by Crippen LogP contribution is 2.32. The van der Waals surface area contributed by atoms with Crippen molar-refractivity contribution in [2.24, 2.45) is 0 Å². The Morgan fingerprint density at radius 2 is 2.32 bits per heavy atom. The summed E-state index contributed by atoms with van der Waals surface area (Å²) >= 11 is 0. The van der Waals surface area contributed by atoms with Gasteiger partial charge in [0.2, 0.25) is 0 Å². The van der Waals surface area contributed by atoms with Crippen molar-refractivity contribution in [3.63, 3.8) is 0 Å². The summed E-state index contributed by atoms with van der Waals surface area (Å²) in [4.78, 5) is 13.9. The molecule has 0 spiro atoms. The maximum Gasteiger partial charge on any atom is 0.286 e. The number of nitrogens with zero attached hydrogens (tertiary/aromatic N) is 2. The van der Waals surface area contributed by atoms with Crippen LogP contribution in [0.3, 0.4) is 0 Å². The monoisotopic (exact) mass is 303 g/mol. The summed E-state index contributed by atoms with van der Waals surface area (Å²) in [5.41, 5.74) is 0.982. The fourth-order valence-corrected chi connectivity index (χ4v) is 2.97. The van der Waals surface area contributed by atoms with Crippen LogP contribution >= 0.6 is 0 Å². The van der Waals surface area contributed by atoms with Gasteiger partial charge in [-0.05, 0) is 38.4 Å². The van der Waals surface area contributed by atoms with Gasteiger partial charge in [-0.25, -0.2) is 0 Å². The largest absolute Gasteiger partial charge is 0.455 e. The number of likely N-dealkylation sites (tertiary alicyclic amines) is 1. The number of carbonyl (C=O) groups excluding carboxylic acids is 1. The quantitative estimate of drug-likeness (QED) is 0.940. The number of furan rings is 1. The Hall–Kier alpha value is -2.08. The molecule has 0 aromatic carbocycles. The summed E-state index contributed by atoms with van der Waals surface area (Å²) in [5.74, 6) is 1.78. The molecule has 118 valence electrons. The van der Waals surface area contributed by atoms with Gasteiger partial charge in [0.15, 0.2) is 5.76 Å². The van der Waals surface area contributed by atoms with Crippen LogP contribution in [0.5, 0.6) is 0 Å². The Bertz CT molecular complexity index is 647. The molecule has 2 aromatic rings. The highest BCUT2D eigenvalue weighted by molar-refractivity contribution is 5.91. The number of amides is 1. The summed E-state index contributed by atoms with van der Waals surface area (Å²) in [6, 6.07) is 5.83. The first-order valence-corrected chi connectivity index (χ1v) is 7.65. The molecule has 0 bridgehead atoms. The number of rotatable bonds is 4. The van der Waals surface area contributed by atoms with Gasteiger partial charge in [0.1, 0.15) is 17.2 Å². The predicted octanol–water partition coefficient (Wildman–Crippen LogP) is 2.66. The number of nitrogens with one attached hydrogen (secondary N) is 1. The zero-order valence-electron chi connectivity index (χ0n) is 13.0. The smallest absolute Gasteiger partial charge is 0.286 e. The van der Waals surface area contributed by atoms with E-state index in [0.29, 0.717) is 12.3 Å². The number of hydrogen-bond acceptors (Lipinski definition) is 5. The maximum atomic E-state index is 11.6. The van der Waals surface area contributed by atoms with Crippen LogP contribution in [0.4, 0.5) is 0 Å². The lowest BCUT2D eigenvalue weighted by Gasteiger charge is -2.33. The van der Waals surface area contributed by atoms with Crippen molar-refractivity contribution in [3.8, 4) is 0 Å². The lowest BCUT2D eigenvalue weighted by molar-refractivity contribution is 0.0924. The lowest BCUT2D eigenvalue weighted by Crippen LogP contribution is -2.33. The van der Waals surface area contributed by atoms with E-state index in [1.165, 1.54) is 6.42 Å². The standard InChI is InChI=1S/C16H21N3O3/c1-11-9-13(18-22-11)14-5-3-4-8-19(14)10-12-6-7-15(21-12)16(20)17-2/h6-7,9,14H,3-5,8,10H2,1-2H3,(H,17,20)/t14-/m1/s1. The first kappa shape index (κ1) is 14.8. The van der Waals surface area contributed by atoms with E-state index in [2.05, 4.69) is 15.4 Å². The minimum absolute atomic E-state index is 0.200. The number of aromatic nitrogens is 1. The van der Waals surface area contributed by atoms with Crippen LogP contribution in [0.1, 0.15) is 53.1 Å². The number of hydrogen-bond donors (Lipinski definition) is 1. The molecule has 6 nitrogen and oxygen atoms in total. The van der Waals surface area contributed by atoms with Crippen LogP contribution in [-0.4, -0.2) is 29.6 Å². The minimum atomic E-state index is -0.200. The molecule has 0 saturated carbocycles. The third-order valence-corrected chi connectivity index (χ3v) is 4.07. The van der Waals surface area contributed by atoms with Crippen LogP contribution in [-0.2, 0) is 6.54 Å². The fourth-order valence-electron chi connectivity index (χ4n) is 2.97. The van der Waals surface area contributed by atoms with Crippen molar-refractivity contribution in [2.75, 3.05) is 13.6 Å². The van der Waals surface area contributed by atoms with Crippen molar-refractivity contribution in [3.05, 3.63) is 41.2 Å². The topological polar surface area (TPSA) is 71.5 Å². The summed E-state index contributed by atoms with van der Waals surface area (Å²) < 4.78 is 10.8. The molecule has 1 amide bonds. The second kappa shape index (κ2) is 6.36. The van der Waals surface area contributed by atoms with Crippen molar-refractivity contribution >= 4 is 5.91 Å². The maximum absolute atomic E-state index is 11.6. The van der Waals surface area contributed by atoms with Crippen molar-refractivity contribution < 1.29 is 13.7 Å². The third-order valence-electron chi connectivity index (χ3n) is 4.07. The van der Waals surface area contributed by atoms with Crippen LogP contribution in [0.2, 0.25) is 0 Å². The van der Waals surface area contributed by atoms with E-state index < -0.39 is 0 Å². The molecule has 6 heteroatoms. The Morgan fingerprint density at radius 1 is 1.45 bits per heavy atom. The van der Waals surface area contributed by atoms with Crippen molar-refractivity contribution in [1.82, 2.24) is 15.4 Å². The van der Waals surface area contributed by atoms with E-state index in [0.717, 1.165) is 36.6 Å². The molecule has 1 atom stereocenters. The average molecular weight is 303 g/mol. The summed E-state index contributed by atoms with van der Waals surface area (Å²) in [6.07, 6.45) is 3.42. The summed E-state index contributed by atoms with van der Waals surface area (Å²) in [6.45, 7) is 3.58. The molecule has 1 saturated heterocycles. The molecule has 3 heterocycles. The Balaban J connectivity index is 1.74. The van der Waals surface area contributed by atoms with E-state index in [1.807, 2.05) is 19.1 Å². The lowest BCUT2D eigenvalue weighted by atomic mass is 9.99. The van der Waals surface area contributed by atoms with Gasteiger partial charge in [0.05, 0.1) is 12.6 Å². The SMILES string of the molecule is CNC(=O)c1ccc(CN2CCCC[C@@H]2c2cc(C)on2)o1. The van der Waals surface area contributed by atoms with Gasteiger partial charge >= 0.3 is 0 Å². The molecular formula is C16H21N3O3. The predicted molar refractivity (Wildman–Crippen MR) is 80.3 cm³/mol. The van der Waals surface area contributed by atoms with Crippen LogP contribution in [0.15, 0.2) is 27.1 Å². The third kappa shape index (κ3) is 3.06. The van der Waals surface area contributed by atoms with E-state index in [9.17, 15) is 4.79 Å². The minimum Gasteiger partial charge on any atom is -0.455 e. The Labute approximate surface area is 129 Å². The van der Waals surface area contributed by atoms with Gasteiger partial charge in [-0.15, -0.1) is 0 Å². The van der Waals surface area contributed by atoms with E-state index in [1.54, 1.807) is 13.1 Å². The van der Waals surface area contributed by atoms with Gasteiger partial charge in [0, 0.05) is 13.1 Å². The summed E-state index contributed by atoms with van der Waals surface area (Å²) in [5, 5.41) is 6.73. The highest BCUT2D eigenvalue weighted by atomic mass is 16.5. The van der Waals surface area contributed by atoms with Gasteiger partial charge < -0.3 is 14.3 Å². The second-order valence-electron chi connectivity index (χ2n) is 5.69. The number of carbonyl (C=O) groups is 1. The van der Waals surface area contributed by atoms with E-state index in [4.69, 9.17) is 8.94 Å². The van der Waals surface area contributed by atoms with Crippen LogP contribution < -0.4 is 5.32 Å². The molecule has 0 radical (unpaired) electrons. The van der Waals surface area contributed by atoms with Crippen LogP contribution in [0, 0.1) is 6.92 Å². The molecule has 1 aliphatic heterocycles. The first-order chi connectivity index (χ1) is 10.7. The number of piperidine rings is 1. The Kier molecular flexibility index (Phi) is 4.29. The Morgan fingerprint density at radius 3 is 3.05 bits per heavy atom. The molecule has 1 fully saturated rings. The van der Waals surface area contributed by atoms with E-state index in [-0.39, 0.29) is 11.9 Å². The second-order valence-corrected chi connectivity index (χ2v) is 5.69. The zero-order chi connectivity index (χ0) is 15.5. The molecule has 3 rings (SSSR count). The molecule has 22 heavy (non-hydrogen) atoms. The van der Waals surface area contributed by atoms with Gasteiger partial charge in [-0.1, -0.05) is 11.6 Å². The molecule has 1 aliphatic rings. The molecular weight excluding hydrogens is 282 g/mol. The van der Waals surface area contributed by atoms with Gasteiger partial charge in [-0.2, -0.15) is 0 Å². The van der Waals surface area contributed by atoms with Gasteiger partial charge in [0.25, 0.3) is 5.91 Å². The van der Waals surface area contributed by atoms with Crippen molar-refractivity contribution in [1.29, 1.82) is 0 Å². The zero-order valence-corrected chi connectivity index (χ0v) is 13.0. The number of aryl methyl sites for hydroxylation is 1. The first-order valence-electron chi connectivity index (χ1n) is 7.65. The molecule has 2 aromatic heterocycles. The fraction of sp³-hybridized carbons (Fsp3) is 0.500. The average Bonchev–Trinajstić information content (AvgIpc) is 3.16. The summed E-state index contributed by atoms with van der Waals surface area (Å²) in [7, 11) is 1.60. The van der Waals surface area contributed by atoms with Crippen LogP contribution in [0.25, 0.3) is 0 Å². The molecule has 1 N–H and O–H groups in total.